The van der Waals surface area contributed by atoms with Crippen molar-refractivity contribution < 1.29 is 0 Å². The van der Waals surface area contributed by atoms with Crippen LogP contribution in [0, 0.1) is 5.92 Å². The SMILES string of the molecule is CN[C@@H](C)CCCC(C)C. The Balaban J connectivity index is 3.03. The molecule has 0 aliphatic rings. The van der Waals surface area contributed by atoms with Crippen molar-refractivity contribution in [3.8, 4) is 0 Å². The van der Waals surface area contributed by atoms with Crippen LogP contribution in [-0.4, -0.2) is 13.1 Å². The molecule has 1 nitrogen and oxygen atoms in total. The Bertz CT molecular complexity index is 69.1. The first-order chi connectivity index (χ1) is 4.66. The first kappa shape index (κ1) is 9.96. The third kappa shape index (κ3) is 6.09. The fraction of sp³-hybridized carbons (Fsp3) is 1.00. The van der Waals surface area contributed by atoms with Crippen molar-refractivity contribution >= 4 is 0 Å². The van der Waals surface area contributed by atoms with Crippen molar-refractivity contribution in [2.24, 2.45) is 5.92 Å². The molecule has 0 saturated carbocycles. The smallest absolute Gasteiger partial charge is 0.00357 e. The van der Waals surface area contributed by atoms with E-state index in [0.29, 0.717) is 6.04 Å². The molecule has 0 bridgehead atoms. The fourth-order valence-electron chi connectivity index (χ4n) is 0.977. The van der Waals surface area contributed by atoms with Crippen LogP contribution in [0.5, 0.6) is 0 Å². The Morgan fingerprint density at radius 1 is 1.10 bits per heavy atom. The second-order valence-electron chi connectivity index (χ2n) is 3.51. The summed E-state index contributed by atoms with van der Waals surface area (Å²) in [5.74, 6) is 0.865. The van der Waals surface area contributed by atoms with Crippen LogP contribution in [0.3, 0.4) is 0 Å². The molecule has 0 heterocycles. The van der Waals surface area contributed by atoms with Crippen molar-refractivity contribution in [2.75, 3.05) is 7.05 Å². The van der Waals surface area contributed by atoms with E-state index >= 15 is 0 Å². The summed E-state index contributed by atoms with van der Waals surface area (Å²) in [6.45, 7) is 6.80. The van der Waals surface area contributed by atoms with Crippen LogP contribution in [0.1, 0.15) is 40.0 Å². The second-order valence-corrected chi connectivity index (χ2v) is 3.51. The van der Waals surface area contributed by atoms with Gasteiger partial charge >= 0.3 is 0 Å². The van der Waals surface area contributed by atoms with E-state index < -0.39 is 0 Å². The molecule has 0 unspecified atom stereocenters. The molecule has 0 saturated heterocycles. The maximum absolute atomic E-state index is 3.24. The van der Waals surface area contributed by atoms with Crippen LogP contribution in [0.15, 0.2) is 0 Å². The Hall–Kier alpha value is -0.0400. The monoisotopic (exact) mass is 143 g/mol. The third-order valence-electron chi connectivity index (χ3n) is 1.91. The van der Waals surface area contributed by atoms with E-state index in [1.807, 2.05) is 7.05 Å². The molecule has 0 aromatic carbocycles. The maximum Gasteiger partial charge on any atom is 0.00357 e. The van der Waals surface area contributed by atoms with Gasteiger partial charge in [-0.3, -0.25) is 0 Å². The van der Waals surface area contributed by atoms with Crippen LogP contribution in [0.2, 0.25) is 0 Å². The van der Waals surface area contributed by atoms with Gasteiger partial charge in [-0.05, 0) is 26.3 Å². The summed E-state index contributed by atoms with van der Waals surface area (Å²) in [5.41, 5.74) is 0. The van der Waals surface area contributed by atoms with Gasteiger partial charge in [0.05, 0.1) is 0 Å². The molecule has 0 aromatic rings. The number of hydrogen-bond donors (Lipinski definition) is 1. The van der Waals surface area contributed by atoms with E-state index in [0.717, 1.165) is 5.92 Å². The highest BCUT2D eigenvalue weighted by molar-refractivity contribution is 4.57. The normalized spacial score (nSPS) is 14.1. The molecule has 0 aliphatic carbocycles. The van der Waals surface area contributed by atoms with Gasteiger partial charge in [0, 0.05) is 6.04 Å². The first-order valence-corrected chi connectivity index (χ1v) is 4.34. The zero-order chi connectivity index (χ0) is 7.98. The van der Waals surface area contributed by atoms with Crippen LogP contribution >= 0.6 is 0 Å². The highest BCUT2D eigenvalue weighted by Gasteiger charge is 1.98. The molecule has 0 fully saturated rings. The molecule has 0 aliphatic heterocycles. The number of rotatable bonds is 5. The highest BCUT2D eigenvalue weighted by atomic mass is 14.8. The molecule has 62 valence electrons. The lowest BCUT2D eigenvalue weighted by molar-refractivity contribution is 0.479. The topological polar surface area (TPSA) is 12.0 Å². The summed E-state index contributed by atoms with van der Waals surface area (Å²) in [7, 11) is 2.03. The molecule has 0 rings (SSSR count). The van der Waals surface area contributed by atoms with Crippen molar-refractivity contribution in [1.29, 1.82) is 0 Å². The zero-order valence-corrected chi connectivity index (χ0v) is 7.78. The molecule has 1 N–H and O–H groups in total. The maximum atomic E-state index is 3.24. The number of nitrogens with one attached hydrogen (secondary N) is 1. The van der Waals surface area contributed by atoms with Gasteiger partial charge in [0.25, 0.3) is 0 Å². The zero-order valence-electron chi connectivity index (χ0n) is 7.78. The largest absolute Gasteiger partial charge is 0.317 e. The fourth-order valence-corrected chi connectivity index (χ4v) is 0.977. The lowest BCUT2D eigenvalue weighted by Crippen LogP contribution is -2.20. The van der Waals surface area contributed by atoms with E-state index in [4.69, 9.17) is 0 Å². The second kappa shape index (κ2) is 5.72. The average Bonchev–Trinajstić information content (AvgIpc) is 1.87. The predicted molar refractivity (Wildman–Crippen MR) is 47.2 cm³/mol. The molecule has 10 heavy (non-hydrogen) atoms. The van der Waals surface area contributed by atoms with Crippen LogP contribution in [0.4, 0.5) is 0 Å². The summed E-state index contributed by atoms with van der Waals surface area (Å²) in [6, 6.07) is 0.693. The molecular weight excluding hydrogens is 122 g/mol. The molecular formula is C9H21N. The van der Waals surface area contributed by atoms with Gasteiger partial charge in [-0.2, -0.15) is 0 Å². The molecule has 0 spiro atoms. The Morgan fingerprint density at radius 3 is 2.10 bits per heavy atom. The van der Waals surface area contributed by atoms with Crippen molar-refractivity contribution in [2.45, 2.75) is 46.1 Å². The lowest BCUT2D eigenvalue weighted by atomic mass is 10.0. The average molecular weight is 143 g/mol. The molecule has 1 heteroatoms. The van der Waals surface area contributed by atoms with Crippen molar-refractivity contribution in [3.63, 3.8) is 0 Å². The molecule has 1 atom stereocenters. The predicted octanol–water partition coefficient (Wildman–Crippen LogP) is 2.42. The van der Waals surface area contributed by atoms with Gasteiger partial charge < -0.3 is 5.32 Å². The van der Waals surface area contributed by atoms with E-state index in [1.165, 1.54) is 19.3 Å². The van der Waals surface area contributed by atoms with E-state index in [-0.39, 0.29) is 0 Å². The summed E-state index contributed by atoms with van der Waals surface area (Å²) in [5, 5.41) is 3.24. The summed E-state index contributed by atoms with van der Waals surface area (Å²) in [6.07, 6.45) is 4.04. The third-order valence-corrected chi connectivity index (χ3v) is 1.91. The van der Waals surface area contributed by atoms with E-state index in [1.54, 1.807) is 0 Å². The molecule has 0 radical (unpaired) electrons. The summed E-state index contributed by atoms with van der Waals surface area (Å²) in [4.78, 5) is 0. The van der Waals surface area contributed by atoms with Gasteiger partial charge in [-0.25, -0.2) is 0 Å². The highest BCUT2D eigenvalue weighted by Crippen LogP contribution is 2.07. The number of hydrogen-bond acceptors (Lipinski definition) is 1. The van der Waals surface area contributed by atoms with E-state index in [9.17, 15) is 0 Å². The van der Waals surface area contributed by atoms with Crippen molar-refractivity contribution in [3.05, 3.63) is 0 Å². The minimum absolute atomic E-state index is 0.693. The molecule has 0 amide bonds. The first-order valence-electron chi connectivity index (χ1n) is 4.34. The Labute approximate surface area is 65.2 Å². The minimum atomic E-state index is 0.693. The molecule has 0 aromatic heterocycles. The standard InChI is InChI=1S/C9H21N/c1-8(2)6-5-7-9(3)10-4/h8-10H,5-7H2,1-4H3/t9-/m0/s1. The van der Waals surface area contributed by atoms with Crippen molar-refractivity contribution in [1.82, 2.24) is 5.32 Å². The van der Waals surface area contributed by atoms with Gasteiger partial charge in [-0.15, -0.1) is 0 Å². The Kier molecular flexibility index (Phi) is 5.70. The Morgan fingerprint density at radius 2 is 1.70 bits per heavy atom. The van der Waals surface area contributed by atoms with Gasteiger partial charge in [-0.1, -0.05) is 26.7 Å². The van der Waals surface area contributed by atoms with Crippen LogP contribution in [-0.2, 0) is 0 Å². The minimum Gasteiger partial charge on any atom is -0.317 e. The van der Waals surface area contributed by atoms with Gasteiger partial charge in [0.2, 0.25) is 0 Å². The van der Waals surface area contributed by atoms with Crippen LogP contribution < -0.4 is 5.32 Å². The van der Waals surface area contributed by atoms with Gasteiger partial charge in [0.1, 0.15) is 0 Å². The van der Waals surface area contributed by atoms with E-state index in [2.05, 4.69) is 26.1 Å². The summed E-state index contributed by atoms with van der Waals surface area (Å²) >= 11 is 0. The lowest BCUT2D eigenvalue weighted by Gasteiger charge is -2.10. The van der Waals surface area contributed by atoms with Crippen LogP contribution in [0.25, 0.3) is 0 Å². The quantitative estimate of drug-likeness (QED) is 0.623. The van der Waals surface area contributed by atoms with Gasteiger partial charge in [0.15, 0.2) is 0 Å². The summed E-state index contributed by atoms with van der Waals surface area (Å²) < 4.78 is 0.